The Kier molecular flexibility index (Phi) is 2.15. The molecule has 1 atom stereocenters. The third-order valence-electron chi connectivity index (χ3n) is 2.38. The number of carbonyl (C=O) groups is 1. The van der Waals surface area contributed by atoms with Crippen molar-refractivity contribution in [2.24, 2.45) is 0 Å². The highest BCUT2D eigenvalue weighted by atomic mass is 16.7. The van der Waals surface area contributed by atoms with E-state index in [-0.39, 0.29) is 18.3 Å². The molecule has 0 spiro atoms. The first-order valence-electron chi connectivity index (χ1n) is 4.45. The van der Waals surface area contributed by atoms with E-state index in [0.29, 0.717) is 11.3 Å². The minimum atomic E-state index is -0.996. The molecule has 1 aromatic rings. The van der Waals surface area contributed by atoms with Gasteiger partial charge in [-0.1, -0.05) is 6.07 Å². The van der Waals surface area contributed by atoms with Gasteiger partial charge in [0.05, 0.1) is 5.92 Å². The fourth-order valence-electron chi connectivity index (χ4n) is 1.46. The van der Waals surface area contributed by atoms with Gasteiger partial charge in [0.25, 0.3) is 0 Å². The molecular formula is C10H10O5. The van der Waals surface area contributed by atoms with Gasteiger partial charge in [-0.05, 0) is 13.0 Å². The Hall–Kier alpha value is -1.91. The molecule has 0 amide bonds. The molecule has 0 saturated heterocycles. The Morgan fingerprint density at radius 1 is 1.47 bits per heavy atom. The van der Waals surface area contributed by atoms with Crippen LogP contribution in [-0.4, -0.2) is 23.0 Å². The molecule has 1 unspecified atom stereocenters. The number of aliphatic carboxylic acids is 1. The van der Waals surface area contributed by atoms with Crippen LogP contribution in [0.3, 0.4) is 0 Å². The minimum Gasteiger partial charge on any atom is -0.504 e. The van der Waals surface area contributed by atoms with Gasteiger partial charge in [0.15, 0.2) is 11.5 Å². The number of carboxylic acids is 1. The van der Waals surface area contributed by atoms with Crippen molar-refractivity contribution in [3.05, 3.63) is 17.7 Å². The van der Waals surface area contributed by atoms with Crippen LogP contribution in [0.15, 0.2) is 12.1 Å². The first-order valence-corrected chi connectivity index (χ1v) is 4.45. The highest BCUT2D eigenvalue weighted by molar-refractivity contribution is 5.77. The summed E-state index contributed by atoms with van der Waals surface area (Å²) in [4.78, 5) is 10.8. The van der Waals surface area contributed by atoms with E-state index >= 15 is 0 Å². The predicted octanol–water partition coefficient (Wildman–Crippen LogP) is 1.31. The van der Waals surface area contributed by atoms with Gasteiger partial charge in [-0.2, -0.15) is 0 Å². The molecule has 0 bridgehead atoms. The molecule has 1 aliphatic rings. The lowest BCUT2D eigenvalue weighted by Crippen LogP contribution is -2.07. The predicted molar refractivity (Wildman–Crippen MR) is 50.3 cm³/mol. The summed E-state index contributed by atoms with van der Waals surface area (Å²) in [7, 11) is 0. The zero-order chi connectivity index (χ0) is 11.0. The lowest BCUT2D eigenvalue weighted by molar-refractivity contribution is -0.138. The number of hydrogen-bond acceptors (Lipinski definition) is 4. The smallest absolute Gasteiger partial charge is 0.310 e. The summed E-state index contributed by atoms with van der Waals surface area (Å²) < 4.78 is 10.1. The van der Waals surface area contributed by atoms with E-state index in [1.807, 2.05) is 0 Å². The molecule has 5 heteroatoms. The minimum absolute atomic E-state index is 0.0494. The summed E-state index contributed by atoms with van der Waals surface area (Å²) in [6.45, 7) is 1.55. The fraction of sp³-hybridized carbons (Fsp3) is 0.300. The number of benzene rings is 1. The van der Waals surface area contributed by atoms with Gasteiger partial charge < -0.3 is 19.7 Å². The van der Waals surface area contributed by atoms with Crippen molar-refractivity contribution in [2.45, 2.75) is 12.8 Å². The van der Waals surface area contributed by atoms with Crippen LogP contribution in [0.25, 0.3) is 0 Å². The second kappa shape index (κ2) is 3.34. The van der Waals surface area contributed by atoms with Gasteiger partial charge >= 0.3 is 5.97 Å². The lowest BCUT2D eigenvalue weighted by Gasteiger charge is -2.10. The number of fused-ring (bicyclic) bond motifs is 1. The molecule has 80 valence electrons. The number of phenolic OH excluding ortho intramolecular Hbond substituents is 1. The van der Waals surface area contributed by atoms with Crippen LogP contribution >= 0.6 is 0 Å². The number of ether oxygens (including phenoxy) is 2. The van der Waals surface area contributed by atoms with Crippen LogP contribution in [0, 0.1) is 0 Å². The number of rotatable bonds is 2. The van der Waals surface area contributed by atoms with E-state index in [0.717, 1.165) is 0 Å². The Morgan fingerprint density at radius 2 is 2.20 bits per heavy atom. The van der Waals surface area contributed by atoms with Crippen molar-refractivity contribution >= 4 is 5.97 Å². The average molecular weight is 210 g/mol. The maximum atomic E-state index is 10.8. The van der Waals surface area contributed by atoms with Crippen LogP contribution < -0.4 is 9.47 Å². The number of aromatic hydroxyl groups is 1. The quantitative estimate of drug-likeness (QED) is 0.769. The van der Waals surface area contributed by atoms with Gasteiger partial charge in [-0.25, -0.2) is 0 Å². The fourth-order valence-corrected chi connectivity index (χ4v) is 1.46. The molecule has 15 heavy (non-hydrogen) atoms. The monoisotopic (exact) mass is 210 g/mol. The molecule has 0 aliphatic carbocycles. The summed E-state index contributed by atoms with van der Waals surface area (Å²) in [6.07, 6.45) is 0. The Bertz CT molecular complexity index is 413. The average Bonchev–Trinajstić information content (AvgIpc) is 2.66. The van der Waals surface area contributed by atoms with E-state index in [9.17, 15) is 9.90 Å². The zero-order valence-electron chi connectivity index (χ0n) is 8.06. The van der Waals surface area contributed by atoms with Gasteiger partial charge in [0.1, 0.15) is 0 Å². The molecule has 0 aromatic heterocycles. The van der Waals surface area contributed by atoms with Gasteiger partial charge in [0.2, 0.25) is 12.5 Å². The van der Waals surface area contributed by atoms with E-state index in [1.54, 1.807) is 6.07 Å². The summed E-state index contributed by atoms with van der Waals surface area (Å²) >= 11 is 0. The van der Waals surface area contributed by atoms with Gasteiger partial charge in [0, 0.05) is 5.56 Å². The molecule has 1 heterocycles. The summed E-state index contributed by atoms with van der Waals surface area (Å²) in [5.41, 5.74) is 0.326. The van der Waals surface area contributed by atoms with Crippen LogP contribution in [0.5, 0.6) is 17.2 Å². The standard InChI is InChI=1S/C10H10O5/c1-5(10(12)13)6-2-3-7-9(8(6)11)15-4-14-7/h2-3,5,11H,4H2,1H3,(H,12,13). The highest BCUT2D eigenvalue weighted by Crippen LogP contribution is 2.44. The normalized spacial score (nSPS) is 15.0. The van der Waals surface area contributed by atoms with E-state index in [2.05, 4.69) is 0 Å². The van der Waals surface area contributed by atoms with Crippen molar-refractivity contribution in [2.75, 3.05) is 6.79 Å². The SMILES string of the molecule is CC(C(=O)O)c1ccc2c(c1O)OCO2. The Morgan fingerprint density at radius 3 is 2.87 bits per heavy atom. The van der Waals surface area contributed by atoms with E-state index < -0.39 is 11.9 Å². The number of hydrogen-bond donors (Lipinski definition) is 2. The van der Waals surface area contributed by atoms with Crippen molar-refractivity contribution < 1.29 is 24.5 Å². The Balaban J connectivity index is 2.46. The third-order valence-corrected chi connectivity index (χ3v) is 2.38. The van der Waals surface area contributed by atoms with E-state index in [1.165, 1.54) is 13.0 Å². The van der Waals surface area contributed by atoms with Crippen molar-refractivity contribution in [1.29, 1.82) is 0 Å². The number of phenols is 1. The Labute approximate surface area is 85.9 Å². The summed E-state index contributed by atoms with van der Waals surface area (Å²) in [5.74, 6) is -1.27. The van der Waals surface area contributed by atoms with Crippen molar-refractivity contribution in [3.63, 3.8) is 0 Å². The molecule has 2 rings (SSSR count). The topological polar surface area (TPSA) is 76.0 Å². The third kappa shape index (κ3) is 1.45. The first-order chi connectivity index (χ1) is 7.11. The maximum absolute atomic E-state index is 10.8. The molecule has 5 nitrogen and oxygen atoms in total. The first kappa shape index (κ1) is 9.64. The molecule has 1 aliphatic heterocycles. The molecule has 0 saturated carbocycles. The zero-order valence-corrected chi connectivity index (χ0v) is 8.06. The van der Waals surface area contributed by atoms with Gasteiger partial charge in [-0.3, -0.25) is 4.79 Å². The largest absolute Gasteiger partial charge is 0.504 e. The second-order valence-corrected chi connectivity index (χ2v) is 3.30. The second-order valence-electron chi connectivity index (χ2n) is 3.30. The van der Waals surface area contributed by atoms with Gasteiger partial charge in [-0.15, -0.1) is 0 Å². The summed E-state index contributed by atoms with van der Waals surface area (Å²) in [5, 5.41) is 18.6. The van der Waals surface area contributed by atoms with Crippen molar-refractivity contribution in [1.82, 2.24) is 0 Å². The van der Waals surface area contributed by atoms with Crippen LogP contribution in [0.4, 0.5) is 0 Å². The van der Waals surface area contributed by atoms with Crippen LogP contribution in [0.2, 0.25) is 0 Å². The van der Waals surface area contributed by atoms with Crippen LogP contribution in [0.1, 0.15) is 18.4 Å². The summed E-state index contributed by atoms with van der Waals surface area (Å²) in [6, 6.07) is 3.12. The molecular weight excluding hydrogens is 200 g/mol. The maximum Gasteiger partial charge on any atom is 0.310 e. The molecule has 1 aromatic carbocycles. The van der Waals surface area contributed by atoms with E-state index in [4.69, 9.17) is 14.6 Å². The molecule has 2 N–H and O–H groups in total. The highest BCUT2D eigenvalue weighted by Gasteiger charge is 2.25. The molecule has 0 fully saturated rings. The lowest BCUT2D eigenvalue weighted by atomic mass is 10.00. The van der Waals surface area contributed by atoms with Crippen molar-refractivity contribution in [3.8, 4) is 17.2 Å². The van der Waals surface area contributed by atoms with Crippen LogP contribution in [-0.2, 0) is 4.79 Å². The molecule has 0 radical (unpaired) electrons. The number of carboxylic acid groups (broad SMARTS) is 1.